The molecular formula is C28H23ClN6O2. The van der Waals surface area contributed by atoms with Gasteiger partial charge in [-0.3, -0.25) is 14.2 Å². The second-order valence-electron chi connectivity index (χ2n) is 8.91. The van der Waals surface area contributed by atoms with Gasteiger partial charge in [0.2, 0.25) is 5.95 Å². The molecule has 0 atom stereocenters. The highest BCUT2D eigenvalue weighted by atomic mass is 35.5. The van der Waals surface area contributed by atoms with E-state index in [0.29, 0.717) is 39.0 Å². The highest BCUT2D eigenvalue weighted by molar-refractivity contribution is 6.33. The fourth-order valence-corrected chi connectivity index (χ4v) is 4.25. The van der Waals surface area contributed by atoms with Crippen LogP contribution < -0.4 is 16.2 Å². The van der Waals surface area contributed by atoms with Crippen molar-refractivity contribution in [2.24, 2.45) is 13.0 Å². The zero-order chi connectivity index (χ0) is 25.9. The Morgan fingerprint density at radius 1 is 1.19 bits per heavy atom. The molecule has 0 unspecified atom stereocenters. The van der Waals surface area contributed by atoms with E-state index in [1.165, 1.54) is 4.57 Å². The van der Waals surface area contributed by atoms with Gasteiger partial charge in [-0.25, -0.2) is 4.98 Å². The van der Waals surface area contributed by atoms with Gasteiger partial charge in [0.15, 0.2) is 0 Å². The monoisotopic (exact) mass is 510 g/mol. The SMILES string of the molecule is Cn1c(=O)c(-c2ccccc2Cl)cc2cnc(Nc3cccc(CNC(=O)C(C#N)=CC4CC4)c3)nc21. The zero-order valence-electron chi connectivity index (χ0n) is 20.0. The van der Waals surface area contributed by atoms with Gasteiger partial charge in [-0.2, -0.15) is 10.2 Å². The highest BCUT2D eigenvalue weighted by Gasteiger charge is 2.21. The Morgan fingerprint density at radius 3 is 2.76 bits per heavy atom. The molecule has 0 bridgehead atoms. The molecule has 1 fully saturated rings. The number of nitriles is 1. The van der Waals surface area contributed by atoms with E-state index in [4.69, 9.17) is 11.6 Å². The summed E-state index contributed by atoms with van der Waals surface area (Å²) in [6.07, 6.45) is 5.46. The van der Waals surface area contributed by atoms with Crippen molar-refractivity contribution < 1.29 is 4.79 Å². The van der Waals surface area contributed by atoms with Crippen LogP contribution >= 0.6 is 11.6 Å². The van der Waals surface area contributed by atoms with E-state index >= 15 is 0 Å². The molecule has 4 aromatic rings. The van der Waals surface area contributed by atoms with Crippen molar-refractivity contribution >= 4 is 40.2 Å². The lowest BCUT2D eigenvalue weighted by atomic mass is 10.1. The number of aromatic nitrogens is 3. The van der Waals surface area contributed by atoms with Gasteiger partial charge in [-0.15, -0.1) is 0 Å². The number of hydrogen-bond donors (Lipinski definition) is 2. The van der Waals surface area contributed by atoms with Crippen LogP contribution in [-0.2, 0) is 18.4 Å². The fourth-order valence-electron chi connectivity index (χ4n) is 4.01. The molecule has 1 aliphatic carbocycles. The van der Waals surface area contributed by atoms with Crippen molar-refractivity contribution in [1.29, 1.82) is 5.26 Å². The molecule has 0 radical (unpaired) electrons. The molecule has 2 aromatic carbocycles. The fraction of sp³-hybridized carbons (Fsp3) is 0.179. The number of anilines is 2. The van der Waals surface area contributed by atoms with E-state index in [-0.39, 0.29) is 23.6 Å². The molecule has 8 nitrogen and oxygen atoms in total. The summed E-state index contributed by atoms with van der Waals surface area (Å²) < 4.78 is 1.48. The quantitative estimate of drug-likeness (QED) is 0.271. The third-order valence-corrected chi connectivity index (χ3v) is 6.47. The van der Waals surface area contributed by atoms with Crippen LogP contribution in [0.4, 0.5) is 11.6 Å². The van der Waals surface area contributed by atoms with Crippen LogP contribution in [0, 0.1) is 17.2 Å². The normalized spacial score (nSPS) is 13.3. The number of allylic oxidation sites excluding steroid dienone is 1. The number of fused-ring (bicyclic) bond motifs is 1. The molecule has 9 heteroatoms. The predicted molar refractivity (Wildman–Crippen MR) is 143 cm³/mol. The van der Waals surface area contributed by atoms with Crippen molar-refractivity contribution in [3.05, 3.63) is 93.4 Å². The number of nitrogens with one attached hydrogen (secondary N) is 2. The molecule has 37 heavy (non-hydrogen) atoms. The number of carbonyl (C=O) groups is 1. The smallest absolute Gasteiger partial charge is 0.261 e. The van der Waals surface area contributed by atoms with E-state index in [1.807, 2.05) is 48.5 Å². The average Bonchev–Trinajstić information content (AvgIpc) is 3.73. The van der Waals surface area contributed by atoms with E-state index < -0.39 is 0 Å². The van der Waals surface area contributed by atoms with Crippen LogP contribution in [-0.4, -0.2) is 20.4 Å². The number of rotatable bonds is 7. The first-order chi connectivity index (χ1) is 17.9. The number of amides is 1. The Kier molecular flexibility index (Phi) is 6.71. The first kappa shape index (κ1) is 24.2. The topological polar surface area (TPSA) is 113 Å². The van der Waals surface area contributed by atoms with Gasteiger partial charge in [0.1, 0.15) is 17.3 Å². The van der Waals surface area contributed by atoms with Gasteiger partial charge in [0, 0.05) is 47.0 Å². The lowest BCUT2D eigenvalue weighted by Crippen LogP contribution is -2.24. The maximum atomic E-state index is 13.1. The van der Waals surface area contributed by atoms with Crippen LogP contribution in [0.2, 0.25) is 5.02 Å². The minimum atomic E-state index is -0.372. The summed E-state index contributed by atoms with van der Waals surface area (Å²) in [6.45, 7) is 0.274. The van der Waals surface area contributed by atoms with Gasteiger partial charge in [-0.05, 0) is 48.6 Å². The highest BCUT2D eigenvalue weighted by Crippen LogP contribution is 2.31. The van der Waals surface area contributed by atoms with E-state index in [0.717, 1.165) is 24.1 Å². The average molecular weight is 511 g/mol. The van der Waals surface area contributed by atoms with Gasteiger partial charge in [0.25, 0.3) is 11.5 Å². The number of pyridine rings is 1. The van der Waals surface area contributed by atoms with Crippen molar-refractivity contribution in [2.45, 2.75) is 19.4 Å². The molecule has 1 saturated carbocycles. The minimum absolute atomic E-state index is 0.157. The summed E-state index contributed by atoms with van der Waals surface area (Å²) in [5.41, 5.74) is 3.12. The number of carbonyl (C=O) groups excluding carboxylic acids is 1. The molecular weight excluding hydrogens is 488 g/mol. The summed E-state index contributed by atoms with van der Waals surface area (Å²) in [6, 6.07) is 18.4. The van der Waals surface area contributed by atoms with Gasteiger partial charge in [0.05, 0.1) is 0 Å². The molecule has 2 aromatic heterocycles. The predicted octanol–water partition coefficient (Wildman–Crippen LogP) is 4.87. The molecule has 184 valence electrons. The Balaban J connectivity index is 1.35. The second kappa shape index (κ2) is 10.2. The molecule has 5 rings (SSSR count). The molecule has 0 saturated heterocycles. The Morgan fingerprint density at radius 2 is 2.00 bits per heavy atom. The van der Waals surface area contributed by atoms with Crippen LogP contribution in [0.3, 0.4) is 0 Å². The number of aryl methyl sites for hydroxylation is 1. The van der Waals surface area contributed by atoms with Crippen LogP contribution in [0.5, 0.6) is 0 Å². The number of nitrogens with zero attached hydrogens (tertiary/aromatic N) is 4. The third-order valence-electron chi connectivity index (χ3n) is 6.14. The van der Waals surface area contributed by atoms with Crippen LogP contribution in [0.25, 0.3) is 22.2 Å². The molecule has 1 amide bonds. The number of benzene rings is 2. The summed E-state index contributed by atoms with van der Waals surface area (Å²) in [4.78, 5) is 34.4. The Hall–Kier alpha value is -4.48. The maximum absolute atomic E-state index is 13.1. The third kappa shape index (κ3) is 5.37. The second-order valence-corrected chi connectivity index (χ2v) is 9.32. The van der Waals surface area contributed by atoms with E-state index in [9.17, 15) is 14.9 Å². The zero-order valence-corrected chi connectivity index (χ0v) is 20.8. The lowest BCUT2D eigenvalue weighted by molar-refractivity contribution is -0.117. The Bertz CT molecular complexity index is 1650. The summed E-state index contributed by atoms with van der Waals surface area (Å²) in [5.74, 6) is 0.299. The Labute approximate surface area is 218 Å². The summed E-state index contributed by atoms with van der Waals surface area (Å²) in [5, 5.41) is 16.4. The van der Waals surface area contributed by atoms with Crippen molar-refractivity contribution in [3.8, 4) is 17.2 Å². The van der Waals surface area contributed by atoms with E-state index in [1.54, 1.807) is 31.5 Å². The van der Waals surface area contributed by atoms with Gasteiger partial charge >= 0.3 is 0 Å². The molecule has 2 N–H and O–H groups in total. The molecule has 2 heterocycles. The summed E-state index contributed by atoms with van der Waals surface area (Å²) >= 11 is 6.32. The van der Waals surface area contributed by atoms with Crippen molar-refractivity contribution in [1.82, 2.24) is 19.9 Å². The number of hydrogen-bond acceptors (Lipinski definition) is 6. The standard InChI is InChI=1S/C28H23ClN6O2/c1-35-25-20(13-23(27(35)37)22-7-2-3-8-24(22)29)16-32-28(34-25)33-21-6-4-5-18(12-21)15-31-26(36)19(14-30)11-17-9-10-17/h2-8,11-13,16-17H,9-10,15H2,1H3,(H,31,36)(H,32,33,34). The maximum Gasteiger partial charge on any atom is 0.261 e. The van der Waals surface area contributed by atoms with Gasteiger partial charge < -0.3 is 10.6 Å². The number of halogens is 1. The largest absolute Gasteiger partial charge is 0.347 e. The van der Waals surface area contributed by atoms with E-state index in [2.05, 4.69) is 20.6 Å². The first-order valence-corrected chi connectivity index (χ1v) is 12.2. The molecule has 0 spiro atoms. The van der Waals surface area contributed by atoms with Crippen molar-refractivity contribution in [2.75, 3.05) is 5.32 Å². The van der Waals surface area contributed by atoms with Crippen LogP contribution in [0.1, 0.15) is 18.4 Å². The molecule has 1 aliphatic rings. The van der Waals surface area contributed by atoms with Crippen LogP contribution in [0.15, 0.2) is 77.2 Å². The summed E-state index contributed by atoms with van der Waals surface area (Å²) in [7, 11) is 1.66. The van der Waals surface area contributed by atoms with Crippen molar-refractivity contribution in [3.63, 3.8) is 0 Å². The minimum Gasteiger partial charge on any atom is -0.347 e. The van der Waals surface area contributed by atoms with Gasteiger partial charge in [-0.1, -0.05) is 48.0 Å². The lowest BCUT2D eigenvalue weighted by Gasteiger charge is -2.12. The first-order valence-electron chi connectivity index (χ1n) is 11.8. The molecule has 0 aliphatic heterocycles.